The number of sulfonamides is 1. The van der Waals surface area contributed by atoms with Crippen LogP contribution in [0.4, 0.5) is 4.79 Å². The van der Waals surface area contributed by atoms with Crippen LogP contribution in [0, 0.1) is 11.8 Å². The lowest BCUT2D eigenvalue weighted by molar-refractivity contribution is -0.141. The lowest BCUT2D eigenvalue weighted by atomic mass is 10.0. The molecule has 2 aromatic carbocycles. The summed E-state index contributed by atoms with van der Waals surface area (Å²) >= 11 is 0. The predicted molar refractivity (Wildman–Crippen MR) is 203 cm³/mol. The number of nitrogens with one attached hydrogen (secondary N) is 3. The van der Waals surface area contributed by atoms with Gasteiger partial charge in [0.15, 0.2) is 0 Å². The van der Waals surface area contributed by atoms with Crippen LogP contribution in [-0.4, -0.2) is 103 Å². The zero-order valence-corrected chi connectivity index (χ0v) is 32.1. The molecule has 1 saturated heterocycles. The maximum Gasteiger partial charge on any atom is 0.405 e. The Hall–Kier alpha value is -5.22. The molecule has 15 nitrogen and oxygen atoms in total. The topological polar surface area (TPSA) is 203 Å². The third-order valence-corrected chi connectivity index (χ3v) is 13.0. The number of carbonyl (C=O) groups excluding carboxylic acids is 3. The van der Waals surface area contributed by atoms with Gasteiger partial charge in [-0.3, -0.25) is 19.1 Å². The van der Waals surface area contributed by atoms with Crippen molar-refractivity contribution in [1.29, 1.82) is 0 Å². The van der Waals surface area contributed by atoms with Gasteiger partial charge in [-0.05, 0) is 43.7 Å². The van der Waals surface area contributed by atoms with E-state index in [1.54, 1.807) is 45.2 Å². The summed E-state index contributed by atoms with van der Waals surface area (Å²) in [7, 11) is -1.10. The highest BCUT2D eigenvalue weighted by Gasteiger charge is 2.63. The molecule has 6 rings (SSSR count). The summed E-state index contributed by atoms with van der Waals surface area (Å²) in [5, 5.41) is 15.3. The molecule has 2 heterocycles. The summed E-state index contributed by atoms with van der Waals surface area (Å²) in [5.74, 6) is -2.30. The van der Waals surface area contributed by atoms with Gasteiger partial charge in [-0.1, -0.05) is 50.3 Å². The number of hydrogen-bond donors (Lipinski definition) is 4. The van der Waals surface area contributed by atoms with E-state index in [-0.39, 0.29) is 32.4 Å². The molecular weight excluding hydrogens is 731 g/mol. The second-order valence-electron chi connectivity index (χ2n) is 14.8. The number of nitrogens with zero attached hydrogens (tertiary/aromatic N) is 2. The van der Waals surface area contributed by atoms with Gasteiger partial charge >= 0.3 is 6.09 Å². The standard InChI is InChI=1S/C39H47N5O10S/c1-6-25-21-39(25,36(47)43-55(50,51)38(14-15-38)16-17-52-4)42-34(45)31-19-27(22-44(31)35(46)33(23(2)3)41-37(48)49)54-32-20-29(24-10-8-7-9-11-24)40-30-18-26(53-5)12-13-28(30)32/h6-13,18,20,23,25,27,31,33,41H,1,14-17,19,21-22H2,2-5H3,(H,42,45)(H,43,47)(H,48,49). The van der Waals surface area contributed by atoms with Gasteiger partial charge in [-0.2, -0.15) is 0 Å². The summed E-state index contributed by atoms with van der Waals surface area (Å²) in [6.07, 6.45) is 0.345. The van der Waals surface area contributed by atoms with Crippen molar-refractivity contribution in [3.05, 3.63) is 67.3 Å². The molecule has 0 radical (unpaired) electrons. The fraction of sp³-hybridized carbons (Fsp3) is 0.462. The SMILES string of the molecule is C=CC1CC1(NC(=O)C1CC(Oc2cc(-c3ccccc3)nc3cc(OC)ccc23)CN1C(=O)C(NC(=O)O)C(C)C)C(=O)NS(=O)(=O)C1(CCOC)CC1. The number of carboxylic acid groups (broad SMARTS) is 1. The van der Waals surface area contributed by atoms with Crippen LogP contribution in [0.25, 0.3) is 22.2 Å². The van der Waals surface area contributed by atoms with Crippen molar-refractivity contribution in [2.24, 2.45) is 11.8 Å². The number of benzene rings is 2. The minimum absolute atomic E-state index is 0.0228. The van der Waals surface area contributed by atoms with Crippen LogP contribution in [0.1, 0.15) is 46.0 Å². The summed E-state index contributed by atoms with van der Waals surface area (Å²) in [5.41, 5.74) is 0.404. The third kappa shape index (κ3) is 7.96. The number of hydrogen-bond acceptors (Lipinski definition) is 10. The van der Waals surface area contributed by atoms with E-state index >= 15 is 0 Å². The van der Waals surface area contributed by atoms with Crippen LogP contribution in [0.3, 0.4) is 0 Å². The van der Waals surface area contributed by atoms with Gasteiger partial charge in [0.25, 0.3) is 5.91 Å². The third-order valence-electron chi connectivity index (χ3n) is 10.8. The van der Waals surface area contributed by atoms with Crippen LogP contribution >= 0.6 is 0 Å². The number of ether oxygens (including phenoxy) is 3. The minimum Gasteiger partial charge on any atom is -0.497 e. The van der Waals surface area contributed by atoms with E-state index in [9.17, 15) is 32.7 Å². The maximum atomic E-state index is 14.3. The van der Waals surface area contributed by atoms with Crippen LogP contribution in [0.15, 0.2) is 67.3 Å². The second-order valence-corrected chi connectivity index (χ2v) is 16.9. The molecule has 294 valence electrons. The van der Waals surface area contributed by atoms with Crippen molar-refractivity contribution in [2.45, 2.75) is 74.4 Å². The van der Waals surface area contributed by atoms with E-state index < -0.39 is 74.1 Å². The van der Waals surface area contributed by atoms with Crippen LogP contribution in [-0.2, 0) is 29.1 Å². The Morgan fingerprint density at radius 2 is 1.82 bits per heavy atom. The smallest absolute Gasteiger partial charge is 0.405 e. The monoisotopic (exact) mass is 777 g/mol. The molecule has 2 saturated carbocycles. The Balaban J connectivity index is 1.31. The van der Waals surface area contributed by atoms with E-state index in [1.807, 2.05) is 30.3 Å². The largest absolute Gasteiger partial charge is 0.497 e. The number of methoxy groups -OCH3 is 2. The Bertz CT molecular complexity index is 2090. The fourth-order valence-electron chi connectivity index (χ4n) is 7.28. The lowest BCUT2D eigenvalue weighted by Gasteiger charge is -2.30. The molecule has 55 heavy (non-hydrogen) atoms. The van der Waals surface area contributed by atoms with Gasteiger partial charge in [-0.15, -0.1) is 6.58 Å². The zero-order chi connectivity index (χ0) is 39.7. The lowest BCUT2D eigenvalue weighted by Crippen LogP contribution is -2.59. The number of aromatic nitrogens is 1. The van der Waals surface area contributed by atoms with Crippen molar-refractivity contribution >= 4 is 44.7 Å². The summed E-state index contributed by atoms with van der Waals surface area (Å²) < 4.78 is 45.1. The molecule has 1 aromatic heterocycles. The summed E-state index contributed by atoms with van der Waals surface area (Å²) in [6.45, 7) is 7.24. The predicted octanol–water partition coefficient (Wildman–Crippen LogP) is 3.63. The number of carbonyl (C=O) groups is 4. The van der Waals surface area contributed by atoms with Gasteiger partial charge in [-0.25, -0.2) is 18.2 Å². The molecule has 2 aliphatic carbocycles. The van der Waals surface area contributed by atoms with Gasteiger partial charge in [0.1, 0.15) is 35.2 Å². The van der Waals surface area contributed by atoms with E-state index in [4.69, 9.17) is 19.2 Å². The summed E-state index contributed by atoms with van der Waals surface area (Å²) in [6, 6.07) is 14.2. The highest BCUT2D eigenvalue weighted by Crippen LogP contribution is 2.48. The average molecular weight is 778 g/mol. The van der Waals surface area contributed by atoms with E-state index in [2.05, 4.69) is 21.9 Å². The molecule has 4 amide bonds. The maximum absolute atomic E-state index is 14.3. The van der Waals surface area contributed by atoms with Gasteiger partial charge < -0.3 is 34.9 Å². The quantitative estimate of drug-likeness (QED) is 0.155. The van der Waals surface area contributed by atoms with E-state index in [0.29, 0.717) is 40.9 Å². The molecule has 5 unspecified atom stereocenters. The number of pyridine rings is 1. The van der Waals surface area contributed by atoms with Gasteiger partial charge in [0, 0.05) is 49.1 Å². The normalized spacial score (nSPS) is 23.1. The summed E-state index contributed by atoms with van der Waals surface area (Å²) in [4.78, 5) is 60.1. The van der Waals surface area contributed by atoms with Crippen molar-refractivity contribution < 1.29 is 46.9 Å². The molecule has 3 fully saturated rings. The first-order chi connectivity index (χ1) is 26.2. The van der Waals surface area contributed by atoms with Gasteiger partial charge in [0.05, 0.1) is 29.6 Å². The molecule has 5 atom stereocenters. The van der Waals surface area contributed by atoms with E-state index in [0.717, 1.165) is 5.56 Å². The van der Waals surface area contributed by atoms with Gasteiger partial charge in [0.2, 0.25) is 21.8 Å². The van der Waals surface area contributed by atoms with Crippen molar-refractivity contribution in [1.82, 2.24) is 25.2 Å². The first-order valence-corrected chi connectivity index (χ1v) is 19.7. The number of rotatable bonds is 16. The Kier molecular flexibility index (Phi) is 11.1. The van der Waals surface area contributed by atoms with Crippen LogP contribution in [0.5, 0.6) is 11.5 Å². The average Bonchev–Trinajstić information content (AvgIpc) is 4.07. The fourth-order valence-corrected chi connectivity index (χ4v) is 8.91. The first kappa shape index (κ1) is 39.5. The highest BCUT2D eigenvalue weighted by atomic mass is 32.2. The molecule has 4 N–H and O–H groups in total. The van der Waals surface area contributed by atoms with Crippen LogP contribution < -0.4 is 24.8 Å². The molecule has 0 bridgehead atoms. The molecule has 1 aliphatic heterocycles. The zero-order valence-electron chi connectivity index (χ0n) is 31.2. The highest BCUT2D eigenvalue weighted by molar-refractivity contribution is 7.91. The molecular formula is C39H47N5O10S. The van der Waals surface area contributed by atoms with Crippen molar-refractivity contribution in [3.63, 3.8) is 0 Å². The van der Waals surface area contributed by atoms with Crippen molar-refractivity contribution in [2.75, 3.05) is 27.4 Å². The Labute approximate surface area is 319 Å². The number of fused-ring (bicyclic) bond motifs is 1. The van der Waals surface area contributed by atoms with Crippen molar-refractivity contribution in [3.8, 4) is 22.8 Å². The molecule has 16 heteroatoms. The molecule has 3 aliphatic rings. The minimum atomic E-state index is -4.12. The molecule has 0 spiro atoms. The Morgan fingerprint density at radius 3 is 2.42 bits per heavy atom. The van der Waals surface area contributed by atoms with E-state index in [1.165, 1.54) is 18.1 Å². The number of likely N-dealkylation sites (tertiary alicyclic amines) is 1. The second kappa shape index (κ2) is 15.5. The number of amides is 4. The first-order valence-electron chi connectivity index (χ1n) is 18.2. The van der Waals surface area contributed by atoms with Crippen LogP contribution in [0.2, 0.25) is 0 Å². The Morgan fingerprint density at radius 1 is 1.09 bits per heavy atom. The molecule has 3 aromatic rings.